The first-order valence-electron chi connectivity index (χ1n) is 4.09. The Hall–Kier alpha value is -1.02. The number of halogens is 2. The van der Waals surface area contributed by atoms with E-state index in [9.17, 15) is 4.39 Å². The lowest BCUT2D eigenvalue weighted by atomic mass is 10.4. The smallest absolute Gasteiger partial charge is 0.203 e. The van der Waals surface area contributed by atoms with Crippen molar-refractivity contribution < 1.29 is 4.39 Å². The van der Waals surface area contributed by atoms with Crippen LogP contribution >= 0.6 is 27.3 Å². The van der Waals surface area contributed by atoms with Crippen LogP contribution in [0.5, 0.6) is 0 Å². The van der Waals surface area contributed by atoms with Gasteiger partial charge in [-0.25, -0.2) is 4.39 Å². The number of nitrogens with zero attached hydrogens (tertiary/aromatic N) is 4. The Morgan fingerprint density at radius 1 is 1.53 bits per heavy atom. The van der Waals surface area contributed by atoms with Gasteiger partial charge in [0.15, 0.2) is 5.01 Å². The van der Waals surface area contributed by atoms with Crippen molar-refractivity contribution in [3.8, 4) is 10.7 Å². The minimum Gasteiger partial charge on any atom is -0.374 e. The molecule has 0 fully saturated rings. The number of nitrogen functional groups attached to an aromatic ring is 1. The van der Waals surface area contributed by atoms with Crippen LogP contribution < -0.4 is 5.73 Å². The van der Waals surface area contributed by atoms with E-state index in [-0.39, 0.29) is 6.54 Å². The van der Waals surface area contributed by atoms with Gasteiger partial charge in [0.1, 0.15) is 12.4 Å². The monoisotopic (exact) mass is 291 g/mol. The normalized spacial score (nSPS) is 10.8. The molecular formula is C7H7BrFN5S. The summed E-state index contributed by atoms with van der Waals surface area (Å²) in [5.74, 6) is 0. The molecule has 15 heavy (non-hydrogen) atoms. The third-order valence-corrected chi connectivity index (χ3v) is 3.07. The van der Waals surface area contributed by atoms with Gasteiger partial charge in [-0.15, -0.1) is 10.2 Å². The zero-order chi connectivity index (χ0) is 10.8. The molecule has 0 atom stereocenters. The topological polar surface area (TPSA) is 69.6 Å². The lowest BCUT2D eigenvalue weighted by molar-refractivity contribution is 0.429. The van der Waals surface area contributed by atoms with E-state index in [1.54, 1.807) is 6.20 Å². The summed E-state index contributed by atoms with van der Waals surface area (Å²) in [4.78, 5) is 0. The molecule has 2 aromatic heterocycles. The molecule has 8 heteroatoms. The van der Waals surface area contributed by atoms with Crippen molar-refractivity contribution >= 4 is 32.4 Å². The fraction of sp³-hybridized carbons (Fsp3) is 0.286. The summed E-state index contributed by atoms with van der Waals surface area (Å²) in [6.45, 7) is -0.282. The minimum atomic E-state index is -0.477. The van der Waals surface area contributed by atoms with E-state index in [0.29, 0.717) is 15.8 Å². The van der Waals surface area contributed by atoms with Gasteiger partial charge >= 0.3 is 0 Å². The zero-order valence-corrected chi connectivity index (χ0v) is 9.92. The Bertz CT molecular complexity index is 468. The largest absolute Gasteiger partial charge is 0.374 e. The molecule has 2 aromatic rings. The van der Waals surface area contributed by atoms with Gasteiger partial charge in [-0.1, -0.05) is 11.3 Å². The highest BCUT2D eigenvalue weighted by atomic mass is 79.9. The molecule has 80 valence electrons. The van der Waals surface area contributed by atoms with Crippen LogP contribution in [0.2, 0.25) is 0 Å². The Kier molecular flexibility index (Phi) is 2.96. The predicted molar refractivity (Wildman–Crippen MR) is 59.2 cm³/mol. The van der Waals surface area contributed by atoms with E-state index in [4.69, 9.17) is 5.73 Å². The maximum atomic E-state index is 12.3. The van der Waals surface area contributed by atoms with Gasteiger partial charge in [0.2, 0.25) is 5.13 Å². The second kappa shape index (κ2) is 4.23. The van der Waals surface area contributed by atoms with Crippen LogP contribution in [-0.2, 0) is 6.54 Å². The molecule has 0 spiro atoms. The highest BCUT2D eigenvalue weighted by Crippen LogP contribution is 2.30. The summed E-state index contributed by atoms with van der Waals surface area (Å²) in [5, 5.41) is 12.6. The minimum absolute atomic E-state index is 0.195. The first kappa shape index (κ1) is 10.5. The molecule has 0 amide bonds. The summed E-state index contributed by atoms with van der Waals surface area (Å²) in [6, 6.07) is 0. The second-order valence-electron chi connectivity index (χ2n) is 2.70. The number of hydrogen-bond acceptors (Lipinski definition) is 5. The molecule has 0 aromatic carbocycles. The molecule has 0 saturated carbocycles. The van der Waals surface area contributed by atoms with Crippen LogP contribution in [0.25, 0.3) is 10.7 Å². The van der Waals surface area contributed by atoms with Gasteiger partial charge in [0, 0.05) is 0 Å². The van der Waals surface area contributed by atoms with E-state index in [0.717, 1.165) is 4.47 Å². The molecule has 0 aliphatic heterocycles. The third-order valence-electron chi connectivity index (χ3n) is 1.73. The van der Waals surface area contributed by atoms with Crippen molar-refractivity contribution in [2.45, 2.75) is 6.54 Å². The third kappa shape index (κ3) is 2.00. The van der Waals surface area contributed by atoms with Gasteiger partial charge in [0.05, 0.1) is 17.2 Å². The summed E-state index contributed by atoms with van der Waals surface area (Å²) in [6.07, 6.45) is 1.60. The Labute approximate surface area is 97.2 Å². The van der Waals surface area contributed by atoms with Crippen molar-refractivity contribution in [3.63, 3.8) is 0 Å². The maximum Gasteiger partial charge on any atom is 0.203 e. The molecule has 0 aliphatic carbocycles. The molecule has 2 N–H and O–H groups in total. The van der Waals surface area contributed by atoms with Gasteiger partial charge in [0.25, 0.3) is 0 Å². The maximum absolute atomic E-state index is 12.3. The molecule has 0 radical (unpaired) electrons. The van der Waals surface area contributed by atoms with Crippen LogP contribution in [-0.4, -0.2) is 26.7 Å². The average molecular weight is 292 g/mol. The molecule has 0 aliphatic rings. The zero-order valence-electron chi connectivity index (χ0n) is 7.52. The Morgan fingerprint density at radius 3 is 2.93 bits per heavy atom. The summed E-state index contributed by atoms with van der Waals surface area (Å²) in [5.41, 5.74) is 6.19. The number of anilines is 1. The van der Waals surface area contributed by atoms with Gasteiger partial charge in [-0.05, 0) is 15.9 Å². The second-order valence-corrected chi connectivity index (χ2v) is 4.56. The first-order valence-corrected chi connectivity index (χ1v) is 5.70. The van der Waals surface area contributed by atoms with Crippen LogP contribution in [0.4, 0.5) is 9.52 Å². The lowest BCUT2D eigenvalue weighted by Gasteiger charge is -2.01. The van der Waals surface area contributed by atoms with E-state index in [2.05, 4.69) is 31.2 Å². The molecule has 0 unspecified atom stereocenters. The van der Waals surface area contributed by atoms with Crippen LogP contribution in [0.15, 0.2) is 10.7 Å². The Balaban J connectivity index is 2.46. The predicted octanol–water partition coefficient (Wildman–Crippen LogP) is 1.72. The Morgan fingerprint density at radius 2 is 2.33 bits per heavy atom. The van der Waals surface area contributed by atoms with Crippen molar-refractivity contribution in [2.75, 3.05) is 12.4 Å². The van der Waals surface area contributed by atoms with Crippen molar-refractivity contribution in [1.82, 2.24) is 20.0 Å². The number of hydrogen-bond donors (Lipinski definition) is 1. The van der Waals surface area contributed by atoms with Crippen molar-refractivity contribution in [2.24, 2.45) is 0 Å². The molecule has 5 nitrogen and oxygen atoms in total. The van der Waals surface area contributed by atoms with Crippen LogP contribution in [0, 0.1) is 0 Å². The van der Waals surface area contributed by atoms with Crippen molar-refractivity contribution in [1.29, 1.82) is 0 Å². The van der Waals surface area contributed by atoms with Gasteiger partial charge in [-0.3, -0.25) is 4.68 Å². The van der Waals surface area contributed by atoms with Gasteiger partial charge < -0.3 is 5.73 Å². The van der Waals surface area contributed by atoms with Crippen molar-refractivity contribution in [3.05, 3.63) is 10.7 Å². The summed E-state index contributed by atoms with van der Waals surface area (Å²) in [7, 11) is 0. The molecule has 2 rings (SSSR count). The highest BCUT2D eigenvalue weighted by molar-refractivity contribution is 9.10. The fourth-order valence-electron chi connectivity index (χ4n) is 1.15. The molecular weight excluding hydrogens is 285 g/mol. The number of aromatic nitrogens is 4. The SMILES string of the molecule is Nc1nnc(-c2c(Br)cnn2CCF)s1. The molecule has 0 bridgehead atoms. The number of rotatable bonds is 3. The molecule has 2 heterocycles. The van der Waals surface area contributed by atoms with Gasteiger partial charge in [-0.2, -0.15) is 5.10 Å². The van der Waals surface area contributed by atoms with Crippen LogP contribution in [0.3, 0.4) is 0 Å². The number of aryl methyl sites for hydroxylation is 1. The van der Waals surface area contributed by atoms with E-state index >= 15 is 0 Å². The quantitative estimate of drug-likeness (QED) is 0.935. The molecule has 0 saturated heterocycles. The number of nitrogens with two attached hydrogens (primary N) is 1. The van der Waals surface area contributed by atoms with E-state index in [1.807, 2.05) is 0 Å². The number of alkyl halides is 1. The van der Waals surface area contributed by atoms with E-state index < -0.39 is 6.67 Å². The first-order chi connectivity index (χ1) is 7.22. The standard InChI is InChI=1S/C7H7BrFN5S/c8-4-3-11-14(2-1-9)5(4)6-12-13-7(10)15-6/h3H,1-2H2,(H2,10,13). The summed E-state index contributed by atoms with van der Waals surface area (Å²) >= 11 is 4.57. The lowest BCUT2D eigenvalue weighted by Crippen LogP contribution is -2.03. The average Bonchev–Trinajstić information content (AvgIpc) is 2.74. The summed E-state index contributed by atoms with van der Waals surface area (Å²) < 4.78 is 14.5. The van der Waals surface area contributed by atoms with E-state index in [1.165, 1.54) is 16.0 Å². The fourth-order valence-corrected chi connectivity index (χ4v) is 2.44. The van der Waals surface area contributed by atoms with Crippen LogP contribution in [0.1, 0.15) is 0 Å². The highest BCUT2D eigenvalue weighted by Gasteiger charge is 2.15.